The van der Waals surface area contributed by atoms with Crippen molar-refractivity contribution in [1.29, 1.82) is 0 Å². The molecule has 2 heterocycles. The van der Waals surface area contributed by atoms with Crippen LogP contribution in [-0.2, 0) is 4.74 Å². The lowest BCUT2D eigenvalue weighted by Gasteiger charge is -2.14. The summed E-state index contributed by atoms with van der Waals surface area (Å²) >= 11 is 0. The summed E-state index contributed by atoms with van der Waals surface area (Å²) in [6.45, 7) is 1.57. The van der Waals surface area contributed by atoms with Gasteiger partial charge in [-0.2, -0.15) is 0 Å². The van der Waals surface area contributed by atoms with Crippen molar-refractivity contribution in [3.8, 4) is 11.5 Å². The Hall–Kier alpha value is -3.73. The molecule has 0 aliphatic rings. The third-order valence-corrected chi connectivity index (χ3v) is 4.42. The normalized spacial score (nSPS) is 11.9. The Morgan fingerprint density at radius 2 is 1.71 bits per heavy atom. The van der Waals surface area contributed by atoms with Gasteiger partial charge < -0.3 is 9.15 Å². The van der Waals surface area contributed by atoms with Gasteiger partial charge in [-0.05, 0) is 31.2 Å². The van der Waals surface area contributed by atoms with Crippen molar-refractivity contribution in [2.75, 3.05) is 0 Å². The van der Waals surface area contributed by atoms with Crippen LogP contribution in [0.15, 0.2) is 83.5 Å². The SMILES string of the molecule is C[C@@H](OC(=O)c1cc(-c2ccco2)nc2ccccc12)C(=O)c1ccccc1. The van der Waals surface area contributed by atoms with E-state index in [9.17, 15) is 9.59 Å². The predicted octanol–water partition coefficient (Wildman–Crippen LogP) is 4.92. The van der Waals surface area contributed by atoms with Crippen LogP contribution < -0.4 is 0 Å². The second-order valence-electron chi connectivity index (χ2n) is 6.33. The smallest absolute Gasteiger partial charge is 0.339 e. The topological polar surface area (TPSA) is 69.4 Å². The highest BCUT2D eigenvalue weighted by molar-refractivity contribution is 6.06. The van der Waals surface area contributed by atoms with Gasteiger partial charge in [-0.25, -0.2) is 9.78 Å². The van der Waals surface area contributed by atoms with Crippen molar-refractivity contribution >= 4 is 22.7 Å². The second kappa shape index (κ2) is 7.48. The van der Waals surface area contributed by atoms with Crippen LogP contribution in [0, 0.1) is 0 Å². The number of aromatic nitrogens is 1. The molecule has 5 nitrogen and oxygen atoms in total. The number of pyridine rings is 1. The number of hydrogen-bond acceptors (Lipinski definition) is 5. The van der Waals surface area contributed by atoms with E-state index >= 15 is 0 Å². The third kappa shape index (κ3) is 3.42. The molecule has 2 aromatic heterocycles. The molecule has 0 saturated heterocycles. The van der Waals surface area contributed by atoms with E-state index in [4.69, 9.17) is 9.15 Å². The first-order valence-corrected chi connectivity index (χ1v) is 8.87. The molecule has 4 rings (SSSR count). The highest BCUT2D eigenvalue weighted by Crippen LogP contribution is 2.26. The van der Waals surface area contributed by atoms with Gasteiger partial charge >= 0.3 is 5.97 Å². The van der Waals surface area contributed by atoms with Gasteiger partial charge in [0.15, 0.2) is 11.9 Å². The lowest BCUT2D eigenvalue weighted by molar-refractivity contribution is 0.0320. The number of esters is 1. The van der Waals surface area contributed by atoms with Crippen LogP contribution in [0.3, 0.4) is 0 Å². The molecule has 0 radical (unpaired) electrons. The van der Waals surface area contributed by atoms with E-state index in [1.54, 1.807) is 61.7 Å². The monoisotopic (exact) mass is 371 g/mol. The molecule has 4 aromatic rings. The second-order valence-corrected chi connectivity index (χ2v) is 6.33. The van der Waals surface area contributed by atoms with Crippen molar-refractivity contribution in [3.63, 3.8) is 0 Å². The van der Waals surface area contributed by atoms with Crippen LogP contribution in [0.1, 0.15) is 27.6 Å². The van der Waals surface area contributed by atoms with E-state index < -0.39 is 12.1 Å². The molecule has 1 atom stereocenters. The minimum atomic E-state index is -0.908. The number of ketones is 1. The van der Waals surface area contributed by atoms with Crippen molar-refractivity contribution in [3.05, 3.63) is 90.2 Å². The van der Waals surface area contributed by atoms with Crippen LogP contribution in [0.5, 0.6) is 0 Å². The van der Waals surface area contributed by atoms with E-state index in [1.807, 2.05) is 24.3 Å². The number of ether oxygens (including phenoxy) is 1. The van der Waals surface area contributed by atoms with Crippen molar-refractivity contribution in [2.45, 2.75) is 13.0 Å². The minimum absolute atomic E-state index is 0.251. The molecule has 28 heavy (non-hydrogen) atoms. The van der Waals surface area contributed by atoms with Crippen molar-refractivity contribution in [2.24, 2.45) is 0 Å². The summed E-state index contributed by atoms with van der Waals surface area (Å²) in [4.78, 5) is 30.0. The molecule has 0 aliphatic carbocycles. The molecule has 0 fully saturated rings. The largest absolute Gasteiger partial charge is 0.463 e. The van der Waals surface area contributed by atoms with Crippen LogP contribution in [0.25, 0.3) is 22.4 Å². The first-order chi connectivity index (χ1) is 13.6. The first-order valence-electron chi connectivity index (χ1n) is 8.87. The summed E-state index contributed by atoms with van der Waals surface area (Å²) in [6, 6.07) is 21.2. The fourth-order valence-corrected chi connectivity index (χ4v) is 3.01. The molecular formula is C23H17NO4. The third-order valence-electron chi connectivity index (χ3n) is 4.42. The molecular weight excluding hydrogens is 354 g/mol. The number of hydrogen-bond donors (Lipinski definition) is 0. The zero-order valence-corrected chi connectivity index (χ0v) is 15.2. The van der Waals surface area contributed by atoms with Crippen LogP contribution in [0.2, 0.25) is 0 Å². The highest BCUT2D eigenvalue weighted by atomic mass is 16.5. The Bertz CT molecular complexity index is 1130. The molecule has 138 valence electrons. The summed E-state index contributed by atoms with van der Waals surface area (Å²) in [5, 5.41) is 0.655. The Morgan fingerprint density at radius 1 is 0.964 bits per heavy atom. The number of fused-ring (bicyclic) bond motifs is 1. The molecule has 0 saturated carbocycles. The fraction of sp³-hybridized carbons (Fsp3) is 0.0870. The zero-order chi connectivity index (χ0) is 19.5. The maximum atomic E-state index is 12.9. The molecule has 0 spiro atoms. The van der Waals surface area contributed by atoms with Gasteiger partial charge in [0.2, 0.25) is 5.78 Å². The average Bonchev–Trinajstić information content (AvgIpc) is 3.28. The maximum Gasteiger partial charge on any atom is 0.339 e. The number of carbonyl (C=O) groups excluding carboxylic acids is 2. The number of furan rings is 1. The summed E-state index contributed by atoms with van der Waals surface area (Å²) in [5.41, 5.74) is 2.01. The Labute approximate surface area is 161 Å². The molecule has 0 bridgehead atoms. The minimum Gasteiger partial charge on any atom is -0.463 e. The standard InChI is InChI=1S/C23H17NO4/c1-15(22(25)16-8-3-2-4-9-16)28-23(26)18-14-20(21-12-7-13-27-21)24-19-11-6-5-10-17(18)19/h2-15H,1H3/t15-/m1/s1. The molecule has 2 aromatic carbocycles. The summed E-state index contributed by atoms with van der Waals surface area (Å²) in [7, 11) is 0. The molecule has 5 heteroatoms. The van der Waals surface area contributed by atoms with Gasteiger partial charge in [0.05, 0.1) is 17.3 Å². The van der Waals surface area contributed by atoms with Crippen LogP contribution in [-0.4, -0.2) is 22.8 Å². The van der Waals surface area contributed by atoms with Gasteiger partial charge in [-0.1, -0.05) is 48.5 Å². The molecule has 0 unspecified atom stereocenters. The van der Waals surface area contributed by atoms with Gasteiger partial charge in [0.25, 0.3) is 0 Å². The van der Waals surface area contributed by atoms with Crippen LogP contribution >= 0.6 is 0 Å². The lowest BCUT2D eigenvalue weighted by atomic mass is 10.1. The first kappa shape index (κ1) is 17.7. The van der Waals surface area contributed by atoms with Gasteiger partial charge in [-0.15, -0.1) is 0 Å². The van der Waals surface area contributed by atoms with E-state index in [0.717, 1.165) is 0 Å². The van der Waals surface area contributed by atoms with Gasteiger partial charge in [0.1, 0.15) is 5.69 Å². The van der Waals surface area contributed by atoms with Gasteiger partial charge in [0, 0.05) is 10.9 Å². The molecule has 0 N–H and O–H groups in total. The summed E-state index contributed by atoms with van der Waals surface area (Å²) in [5.74, 6) is -0.282. The highest BCUT2D eigenvalue weighted by Gasteiger charge is 2.22. The lowest BCUT2D eigenvalue weighted by Crippen LogP contribution is -2.24. The van der Waals surface area contributed by atoms with Crippen molar-refractivity contribution < 1.29 is 18.7 Å². The van der Waals surface area contributed by atoms with E-state index in [0.29, 0.717) is 33.5 Å². The summed E-state index contributed by atoms with van der Waals surface area (Å²) < 4.78 is 10.9. The van der Waals surface area contributed by atoms with Gasteiger partial charge in [-0.3, -0.25) is 4.79 Å². The predicted molar refractivity (Wildman–Crippen MR) is 105 cm³/mol. The maximum absolute atomic E-state index is 12.9. The molecule has 0 aliphatic heterocycles. The number of Topliss-reactive ketones (excluding diaryl/α,β-unsaturated/α-hetero) is 1. The van der Waals surface area contributed by atoms with E-state index in [2.05, 4.69) is 4.98 Å². The number of carbonyl (C=O) groups is 2. The summed E-state index contributed by atoms with van der Waals surface area (Å²) in [6.07, 6.45) is 0.638. The van der Waals surface area contributed by atoms with Crippen molar-refractivity contribution in [1.82, 2.24) is 4.98 Å². The Balaban J connectivity index is 1.68. The van der Waals surface area contributed by atoms with E-state index in [-0.39, 0.29) is 5.78 Å². The number of nitrogens with zero attached hydrogens (tertiary/aromatic N) is 1. The van der Waals surface area contributed by atoms with Crippen LogP contribution in [0.4, 0.5) is 0 Å². The number of para-hydroxylation sites is 1. The Kier molecular flexibility index (Phi) is 4.72. The number of benzene rings is 2. The fourth-order valence-electron chi connectivity index (χ4n) is 3.01. The number of rotatable bonds is 5. The molecule has 0 amide bonds. The quantitative estimate of drug-likeness (QED) is 0.368. The average molecular weight is 371 g/mol. The van der Waals surface area contributed by atoms with E-state index in [1.165, 1.54) is 0 Å². The Morgan fingerprint density at radius 3 is 2.46 bits per heavy atom. The zero-order valence-electron chi connectivity index (χ0n) is 15.2.